The average molecular weight is 285 g/mol. The largest absolute Gasteiger partial charge is 0.447 e. The Bertz CT molecular complexity index is 646. The van der Waals surface area contributed by atoms with E-state index < -0.39 is 0 Å². The van der Waals surface area contributed by atoms with Gasteiger partial charge in [-0.15, -0.1) is 0 Å². The van der Waals surface area contributed by atoms with E-state index in [0.29, 0.717) is 18.0 Å². The normalized spacial score (nSPS) is 15.7. The summed E-state index contributed by atoms with van der Waals surface area (Å²) in [5.74, 6) is 0.946. The molecular weight excluding hydrogens is 266 g/mol. The molecule has 5 heteroatoms. The summed E-state index contributed by atoms with van der Waals surface area (Å²) in [6.07, 6.45) is 6.00. The van der Waals surface area contributed by atoms with Crippen LogP contribution in [0.3, 0.4) is 0 Å². The van der Waals surface area contributed by atoms with E-state index in [1.54, 1.807) is 6.20 Å². The lowest BCUT2D eigenvalue weighted by molar-refractivity contribution is 0.0933. The van der Waals surface area contributed by atoms with Gasteiger partial charge >= 0.3 is 0 Å². The molecule has 1 saturated carbocycles. The van der Waals surface area contributed by atoms with Crippen LogP contribution in [0, 0.1) is 6.92 Å². The van der Waals surface area contributed by atoms with Gasteiger partial charge in [0.05, 0.1) is 0 Å². The molecule has 1 aliphatic carbocycles. The highest BCUT2D eigenvalue weighted by Gasteiger charge is 2.32. The lowest BCUT2D eigenvalue weighted by atomic mass is 10.1. The average Bonchev–Trinajstić information content (AvgIpc) is 3.18. The second-order valence-electron chi connectivity index (χ2n) is 5.69. The SMILES string of the molecule is Cc1cccnc1CC(C)NC(=O)c1ncoc1C1CC1. The van der Waals surface area contributed by atoms with E-state index >= 15 is 0 Å². The van der Waals surface area contributed by atoms with Crippen LogP contribution in [0.1, 0.15) is 53.2 Å². The van der Waals surface area contributed by atoms with Crippen LogP contribution in [0.4, 0.5) is 0 Å². The minimum Gasteiger partial charge on any atom is -0.447 e. The molecule has 3 rings (SSSR count). The first kappa shape index (κ1) is 13.8. The van der Waals surface area contributed by atoms with Crippen LogP contribution in [0.2, 0.25) is 0 Å². The maximum Gasteiger partial charge on any atom is 0.273 e. The number of nitrogens with zero attached hydrogens (tertiary/aromatic N) is 2. The standard InChI is InChI=1S/C16H19N3O2/c1-10-4-3-7-17-13(10)8-11(2)19-16(20)14-15(12-5-6-12)21-9-18-14/h3-4,7,9,11-12H,5-6,8H2,1-2H3,(H,19,20). The van der Waals surface area contributed by atoms with Gasteiger partial charge in [-0.25, -0.2) is 4.98 Å². The number of nitrogens with one attached hydrogen (secondary N) is 1. The van der Waals surface area contributed by atoms with Crippen molar-refractivity contribution in [3.05, 3.63) is 47.4 Å². The molecule has 0 aromatic carbocycles. The fourth-order valence-electron chi connectivity index (χ4n) is 2.43. The van der Waals surface area contributed by atoms with Crippen LogP contribution in [0.15, 0.2) is 29.1 Å². The van der Waals surface area contributed by atoms with Crippen LogP contribution < -0.4 is 5.32 Å². The molecular formula is C16H19N3O2. The van der Waals surface area contributed by atoms with Crippen LogP contribution in [0.25, 0.3) is 0 Å². The molecule has 0 aliphatic heterocycles. The number of rotatable bonds is 5. The quantitative estimate of drug-likeness (QED) is 0.917. The van der Waals surface area contributed by atoms with Gasteiger partial charge in [0.1, 0.15) is 5.76 Å². The molecule has 21 heavy (non-hydrogen) atoms. The molecule has 0 spiro atoms. The molecule has 2 heterocycles. The van der Waals surface area contributed by atoms with Crippen molar-refractivity contribution in [3.8, 4) is 0 Å². The number of carbonyl (C=O) groups excluding carboxylic acids is 1. The first-order valence-electron chi connectivity index (χ1n) is 7.30. The number of oxazole rings is 1. The summed E-state index contributed by atoms with van der Waals surface area (Å²) < 4.78 is 5.34. The van der Waals surface area contributed by atoms with E-state index in [2.05, 4.69) is 15.3 Å². The van der Waals surface area contributed by atoms with E-state index in [9.17, 15) is 4.79 Å². The van der Waals surface area contributed by atoms with E-state index in [1.807, 2.05) is 26.0 Å². The highest BCUT2D eigenvalue weighted by atomic mass is 16.3. The first-order valence-corrected chi connectivity index (χ1v) is 7.30. The maximum atomic E-state index is 12.3. The number of pyridine rings is 1. The Morgan fingerprint density at radius 3 is 3.00 bits per heavy atom. The predicted molar refractivity (Wildman–Crippen MR) is 78.1 cm³/mol. The molecule has 2 aromatic rings. The summed E-state index contributed by atoms with van der Waals surface area (Å²) in [4.78, 5) is 20.7. The van der Waals surface area contributed by atoms with E-state index in [4.69, 9.17) is 4.42 Å². The third-order valence-electron chi connectivity index (χ3n) is 3.75. The zero-order valence-electron chi connectivity index (χ0n) is 12.3. The van der Waals surface area contributed by atoms with Gasteiger partial charge in [-0.3, -0.25) is 9.78 Å². The second kappa shape index (κ2) is 5.68. The first-order chi connectivity index (χ1) is 10.1. The number of hydrogen-bond donors (Lipinski definition) is 1. The summed E-state index contributed by atoms with van der Waals surface area (Å²) >= 11 is 0. The van der Waals surface area contributed by atoms with Gasteiger partial charge in [0.25, 0.3) is 5.91 Å². The molecule has 1 unspecified atom stereocenters. The van der Waals surface area contributed by atoms with Crippen molar-refractivity contribution in [2.24, 2.45) is 0 Å². The Kier molecular flexibility index (Phi) is 3.73. The molecule has 1 atom stereocenters. The van der Waals surface area contributed by atoms with Gasteiger partial charge in [-0.1, -0.05) is 6.07 Å². The smallest absolute Gasteiger partial charge is 0.273 e. The van der Waals surface area contributed by atoms with Crippen LogP contribution in [-0.2, 0) is 6.42 Å². The fraction of sp³-hybridized carbons (Fsp3) is 0.438. The summed E-state index contributed by atoms with van der Waals surface area (Å²) in [5.41, 5.74) is 2.58. The highest BCUT2D eigenvalue weighted by Crippen LogP contribution is 2.41. The topological polar surface area (TPSA) is 68.0 Å². The monoisotopic (exact) mass is 285 g/mol. The zero-order chi connectivity index (χ0) is 14.8. The lowest BCUT2D eigenvalue weighted by Gasteiger charge is -2.14. The molecule has 0 radical (unpaired) electrons. The second-order valence-corrected chi connectivity index (χ2v) is 5.69. The molecule has 1 aliphatic rings. The molecule has 1 N–H and O–H groups in total. The van der Waals surface area contributed by atoms with Crippen molar-refractivity contribution in [2.75, 3.05) is 0 Å². The molecule has 1 fully saturated rings. The lowest BCUT2D eigenvalue weighted by Crippen LogP contribution is -2.35. The minimum absolute atomic E-state index is 0.00477. The number of aryl methyl sites for hydroxylation is 1. The number of carbonyl (C=O) groups is 1. The molecule has 1 amide bonds. The van der Waals surface area contributed by atoms with Crippen molar-refractivity contribution >= 4 is 5.91 Å². The molecule has 110 valence electrons. The zero-order valence-corrected chi connectivity index (χ0v) is 12.3. The number of amides is 1. The molecule has 2 aromatic heterocycles. The Labute approximate surface area is 123 Å². The van der Waals surface area contributed by atoms with Gasteiger partial charge in [-0.05, 0) is 38.3 Å². The van der Waals surface area contributed by atoms with E-state index in [0.717, 1.165) is 29.9 Å². The summed E-state index contributed by atoms with van der Waals surface area (Å²) in [6, 6.07) is 3.94. The van der Waals surface area contributed by atoms with Gasteiger partial charge in [0.2, 0.25) is 0 Å². The maximum absolute atomic E-state index is 12.3. The van der Waals surface area contributed by atoms with Gasteiger partial charge in [0.15, 0.2) is 12.1 Å². The van der Waals surface area contributed by atoms with Crippen LogP contribution >= 0.6 is 0 Å². The third kappa shape index (κ3) is 3.12. The molecule has 0 saturated heterocycles. The van der Waals surface area contributed by atoms with Crippen molar-refractivity contribution in [2.45, 2.75) is 45.1 Å². The van der Waals surface area contributed by atoms with E-state index in [1.165, 1.54) is 6.39 Å². The number of hydrogen-bond acceptors (Lipinski definition) is 4. The summed E-state index contributed by atoms with van der Waals surface area (Å²) in [6.45, 7) is 4.00. The summed E-state index contributed by atoms with van der Waals surface area (Å²) in [7, 11) is 0. The molecule has 0 bridgehead atoms. The van der Waals surface area contributed by atoms with Crippen molar-refractivity contribution in [1.29, 1.82) is 0 Å². The van der Waals surface area contributed by atoms with Crippen LogP contribution in [0.5, 0.6) is 0 Å². The van der Waals surface area contributed by atoms with Gasteiger partial charge in [0, 0.05) is 30.3 Å². The minimum atomic E-state index is -0.160. The Hall–Kier alpha value is -2.17. The molecule has 5 nitrogen and oxygen atoms in total. The number of aromatic nitrogens is 2. The predicted octanol–water partition coefficient (Wildman–Crippen LogP) is 2.62. The third-order valence-corrected chi connectivity index (χ3v) is 3.75. The van der Waals surface area contributed by atoms with Gasteiger partial charge < -0.3 is 9.73 Å². The van der Waals surface area contributed by atoms with E-state index in [-0.39, 0.29) is 11.9 Å². The van der Waals surface area contributed by atoms with Crippen molar-refractivity contribution in [3.63, 3.8) is 0 Å². The Balaban J connectivity index is 1.64. The van der Waals surface area contributed by atoms with Crippen molar-refractivity contribution < 1.29 is 9.21 Å². The Morgan fingerprint density at radius 2 is 2.29 bits per heavy atom. The Morgan fingerprint density at radius 1 is 1.48 bits per heavy atom. The fourth-order valence-corrected chi connectivity index (χ4v) is 2.43. The van der Waals surface area contributed by atoms with Gasteiger partial charge in [-0.2, -0.15) is 0 Å². The summed E-state index contributed by atoms with van der Waals surface area (Å²) in [5, 5.41) is 2.98. The van der Waals surface area contributed by atoms with Crippen LogP contribution in [-0.4, -0.2) is 21.9 Å². The highest BCUT2D eigenvalue weighted by molar-refractivity contribution is 5.93. The van der Waals surface area contributed by atoms with Crippen molar-refractivity contribution in [1.82, 2.24) is 15.3 Å².